The number of rotatable bonds is 12. The van der Waals surface area contributed by atoms with Crippen molar-refractivity contribution in [3.63, 3.8) is 0 Å². The van der Waals surface area contributed by atoms with Gasteiger partial charge in [-0.1, -0.05) is 23.8 Å². The zero-order valence-electron chi connectivity index (χ0n) is 17.0. The molecule has 1 aromatic carbocycles. The lowest BCUT2D eigenvalue weighted by molar-refractivity contribution is -0.152. The van der Waals surface area contributed by atoms with Crippen LogP contribution in [0.15, 0.2) is 36.4 Å². The van der Waals surface area contributed by atoms with Crippen molar-refractivity contribution >= 4 is 23.4 Å². The normalized spacial score (nSPS) is 26.4. The maximum atomic E-state index is 11.7. The maximum absolute atomic E-state index is 11.7. The molecule has 0 radical (unpaired) electrons. The van der Waals surface area contributed by atoms with Crippen LogP contribution in [0, 0.1) is 11.8 Å². The van der Waals surface area contributed by atoms with E-state index in [2.05, 4.69) is 6.58 Å². The van der Waals surface area contributed by atoms with E-state index >= 15 is 0 Å². The molecule has 164 valence electrons. The van der Waals surface area contributed by atoms with Gasteiger partial charge in [-0.2, -0.15) is 0 Å². The number of hydrogen-bond donors (Lipinski definition) is 2. The van der Waals surface area contributed by atoms with E-state index in [0.29, 0.717) is 23.5 Å². The minimum atomic E-state index is -1.96. The zero-order chi connectivity index (χ0) is 21.7. The summed E-state index contributed by atoms with van der Waals surface area (Å²) in [6, 6.07) is 7.36. The quantitative estimate of drug-likeness (QED) is 0.222. The van der Waals surface area contributed by atoms with E-state index in [0.717, 1.165) is 44.3 Å². The van der Waals surface area contributed by atoms with Crippen molar-refractivity contribution in [3.05, 3.63) is 41.4 Å². The fourth-order valence-corrected chi connectivity index (χ4v) is 4.41. The number of aliphatic hydroxyl groups is 1. The van der Waals surface area contributed by atoms with E-state index in [4.69, 9.17) is 26.2 Å². The number of aliphatic carboxylic acids is 1. The van der Waals surface area contributed by atoms with Gasteiger partial charge in [-0.25, -0.2) is 4.79 Å². The van der Waals surface area contributed by atoms with Crippen molar-refractivity contribution in [3.8, 4) is 5.75 Å². The maximum Gasteiger partial charge on any atom is 0.340 e. The molecule has 1 saturated carbocycles. The Balaban J connectivity index is 1.36. The average molecular weight is 437 g/mol. The zero-order valence-corrected chi connectivity index (χ0v) is 17.7. The van der Waals surface area contributed by atoms with Crippen molar-refractivity contribution in [2.75, 3.05) is 6.61 Å². The Bertz CT molecular complexity index is 761. The third kappa shape index (κ3) is 6.30. The number of carbonyl (C=O) groups is 2. The summed E-state index contributed by atoms with van der Waals surface area (Å²) >= 11 is 5.87. The third-order valence-electron chi connectivity index (χ3n) is 6.10. The molecule has 1 aromatic rings. The van der Waals surface area contributed by atoms with Crippen LogP contribution >= 0.6 is 11.6 Å². The molecule has 3 rings (SSSR count). The van der Waals surface area contributed by atoms with Crippen molar-refractivity contribution in [1.82, 2.24) is 0 Å². The van der Waals surface area contributed by atoms with E-state index < -0.39 is 17.9 Å². The Morgan fingerprint density at radius 3 is 2.67 bits per heavy atom. The molecule has 2 N–H and O–H groups in total. The summed E-state index contributed by atoms with van der Waals surface area (Å²) in [7, 11) is 0. The predicted molar refractivity (Wildman–Crippen MR) is 113 cm³/mol. The smallest absolute Gasteiger partial charge is 0.340 e. The number of ketones is 1. The molecule has 6 nitrogen and oxygen atoms in total. The summed E-state index contributed by atoms with van der Waals surface area (Å²) in [5.41, 5.74) is 1.24. The molecule has 30 heavy (non-hydrogen) atoms. The SMILES string of the molecule is C=C1CC[C@H](CCCCOc2ccc(Cl)cc2)[C@H]1C[C@H]1OC1CC(=O)C(O)C(=O)O. The molecule has 1 heterocycles. The first kappa shape index (κ1) is 22.8. The molecule has 5 atom stereocenters. The average Bonchev–Trinajstić information content (AvgIpc) is 3.36. The molecule has 0 aromatic heterocycles. The van der Waals surface area contributed by atoms with E-state index in [1.165, 1.54) is 5.57 Å². The number of allylic oxidation sites excluding steroid dienone is 1. The molecular weight excluding hydrogens is 408 g/mol. The van der Waals surface area contributed by atoms with E-state index in [9.17, 15) is 14.7 Å². The highest BCUT2D eigenvalue weighted by Crippen LogP contribution is 2.45. The van der Waals surface area contributed by atoms with Crippen molar-refractivity contribution in [1.29, 1.82) is 0 Å². The van der Waals surface area contributed by atoms with Crippen molar-refractivity contribution in [2.24, 2.45) is 11.8 Å². The first-order chi connectivity index (χ1) is 14.3. The second-order valence-electron chi connectivity index (χ2n) is 8.22. The highest BCUT2D eigenvalue weighted by molar-refractivity contribution is 6.30. The van der Waals surface area contributed by atoms with Gasteiger partial charge in [-0.15, -0.1) is 0 Å². The lowest BCUT2D eigenvalue weighted by Gasteiger charge is -2.19. The van der Waals surface area contributed by atoms with Gasteiger partial charge in [-0.05, 0) is 74.6 Å². The topological polar surface area (TPSA) is 96.4 Å². The molecular formula is C23H29ClO6. The number of ether oxygens (including phenoxy) is 2. The number of aliphatic hydroxyl groups excluding tert-OH is 1. The van der Waals surface area contributed by atoms with Gasteiger partial charge in [0.1, 0.15) is 5.75 Å². The Labute approximate surface area is 181 Å². The summed E-state index contributed by atoms with van der Waals surface area (Å²) in [4.78, 5) is 22.4. The molecule has 2 fully saturated rings. The fourth-order valence-electron chi connectivity index (χ4n) is 4.29. The molecule has 1 saturated heterocycles. The summed E-state index contributed by atoms with van der Waals surface area (Å²) < 4.78 is 11.3. The van der Waals surface area contributed by atoms with Crippen LogP contribution in [0.5, 0.6) is 5.75 Å². The van der Waals surface area contributed by atoms with Gasteiger partial charge in [0.15, 0.2) is 5.78 Å². The second-order valence-corrected chi connectivity index (χ2v) is 8.66. The van der Waals surface area contributed by atoms with Gasteiger partial charge >= 0.3 is 5.97 Å². The van der Waals surface area contributed by atoms with E-state index in [1.807, 2.05) is 24.3 Å². The number of carboxylic acids is 1. The first-order valence-corrected chi connectivity index (χ1v) is 10.9. The Morgan fingerprint density at radius 1 is 1.23 bits per heavy atom. The molecule has 2 unspecified atom stereocenters. The molecule has 0 spiro atoms. The Hall–Kier alpha value is -1.89. The lowest BCUT2D eigenvalue weighted by atomic mass is 9.85. The monoisotopic (exact) mass is 436 g/mol. The first-order valence-electron chi connectivity index (χ1n) is 10.5. The number of unbranched alkanes of at least 4 members (excludes halogenated alkanes) is 1. The summed E-state index contributed by atoms with van der Waals surface area (Å²) in [6.45, 7) is 4.89. The van der Waals surface area contributed by atoms with Gasteiger partial charge in [0.05, 0.1) is 18.8 Å². The van der Waals surface area contributed by atoms with Crippen LogP contribution in [-0.4, -0.2) is 46.9 Å². The number of carbonyl (C=O) groups excluding carboxylic acids is 1. The number of carboxylic acid groups (broad SMARTS) is 1. The predicted octanol–water partition coefficient (Wildman–Crippen LogP) is 4.03. The Morgan fingerprint density at radius 2 is 1.97 bits per heavy atom. The molecule has 0 amide bonds. The molecule has 2 aliphatic rings. The van der Waals surface area contributed by atoms with Gasteiger partial charge in [-0.3, -0.25) is 4.79 Å². The van der Waals surface area contributed by atoms with Crippen LogP contribution in [0.3, 0.4) is 0 Å². The number of benzene rings is 1. The molecule has 0 bridgehead atoms. The number of halogens is 1. The highest BCUT2D eigenvalue weighted by atomic mass is 35.5. The van der Waals surface area contributed by atoms with Crippen LogP contribution in [0.4, 0.5) is 0 Å². The number of Topliss-reactive ketones (excluding diaryl/α,β-unsaturated/α-hetero) is 1. The standard InChI is InChI=1S/C23H29ClO6/c1-14-5-6-15(4-2-3-11-29-17-9-7-16(24)8-10-17)18(14)12-20-21(30-20)13-19(25)22(26)23(27)28/h7-10,15,18,20-22,26H,1-6,11-13H2,(H,27,28)/t15-,18-,20+,21?,22?/m0/s1. The Kier molecular flexibility index (Phi) is 7.92. The van der Waals surface area contributed by atoms with Gasteiger partial charge in [0, 0.05) is 11.4 Å². The minimum Gasteiger partial charge on any atom is -0.494 e. The van der Waals surface area contributed by atoms with Crippen LogP contribution in [0.1, 0.15) is 44.9 Å². The largest absolute Gasteiger partial charge is 0.494 e. The summed E-state index contributed by atoms with van der Waals surface area (Å²) in [5, 5.41) is 18.7. The summed E-state index contributed by atoms with van der Waals surface area (Å²) in [6.07, 6.45) is 3.75. The number of epoxide rings is 1. The van der Waals surface area contributed by atoms with Crippen LogP contribution in [0.2, 0.25) is 5.02 Å². The summed E-state index contributed by atoms with van der Waals surface area (Å²) in [5.74, 6) is -0.458. The van der Waals surface area contributed by atoms with Gasteiger partial charge in [0.2, 0.25) is 6.10 Å². The molecule has 7 heteroatoms. The second kappa shape index (κ2) is 10.4. The molecule has 1 aliphatic heterocycles. The van der Waals surface area contributed by atoms with Crippen LogP contribution in [0.25, 0.3) is 0 Å². The fraction of sp³-hybridized carbons (Fsp3) is 0.565. The van der Waals surface area contributed by atoms with Gasteiger partial charge < -0.3 is 19.7 Å². The lowest BCUT2D eigenvalue weighted by Crippen LogP contribution is -2.30. The molecule has 1 aliphatic carbocycles. The van der Waals surface area contributed by atoms with Crippen LogP contribution in [-0.2, 0) is 14.3 Å². The van der Waals surface area contributed by atoms with Crippen molar-refractivity contribution in [2.45, 2.75) is 63.3 Å². The van der Waals surface area contributed by atoms with E-state index in [-0.39, 0.29) is 18.6 Å². The van der Waals surface area contributed by atoms with E-state index in [1.54, 1.807) is 0 Å². The number of hydrogen-bond acceptors (Lipinski definition) is 5. The van der Waals surface area contributed by atoms with Gasteiger partial charge in [0.25, 0.3) is 0 Å². The minimum absolute atomic E-state index is 0.0504. The van der Waals surface area contributed by atoms with Crippen molar-refractivity contribution < 1.29 is 29.3 Å². The third-order valence-corrected chi connectivity index (χ3v) is 6.35. The van der Waals surface area contributed by atoms with Crippen LogP contribution < -0.4 is 4.74 Å². The highest BCUT2D eigenvalue weighted by Gasteiger charge is 2.45.